The summed E-state index contributed by atoms with van der Waals surface area (Å²) in [7, 11) is 0. The zero-order valence-electron chi connectivity index (χ0n) is 18.1. The number of carbonyl (C=O) groups excluding carboxylic acids is 4. The molecule has 1 amide bonds. The Morgan fingerprint density at radius 2 is 1.82 bits per heavy atom. The van der Waals surface area contributed by atoms with Gasteiger partial charge in [0.05, 0.1) is 11.5 Å². The molecule has 0 aliphatic heterocycles. The molecule has 34 heavy (non-hydrogen) atoms. The van der Waals surface area contributed by atoms with Crippen molar-refractivity contribution in [3.8, 4) is 5.75 Å². The normalized spacial score (nSPS) is 32.6. The lowest BCUT2D eigenvalue weighted by Gasteiger charge is -2.51. The number of phenols is 1. The van der Waals surface area contributed by atoms with E-state index < -0.39 is 76.4 Å². The Kier molecular flexibility index (Phi) is 4.67. The summed E-state index contributed by atoms with van der Waals surface area (Å²) in [6.45, 7) is 1.71. The van der Waals surface area contributed by atoms with Crippen LogP contribution in [0.5, 0.6) is 5.75 Å². The predicted octanol–water partition coefficient (Wildman–Crippen LogP) is 1.07. The first kappa shape index (κ1) is 22.1. The van der Waals surface area contributed by atoms with Crippen LogP contribution in [-0.2, 0) is 19.1 Å². The Morgan fingerprint density at radius 3 is 2.44 bits per heavy atom. The van der Waals surface area contributed by atoms with E-state index in [1.165, 1.54) is 6.07 Å². The van der Waals surface area contributed by atoms with Crippen LogP contribution < -0.4 is 5.73 Å². The molecule has 6 N–H and O–H groups in total. The molecule has 5 atom stereocenters. The fraction of sp³-hybridized carbons (Fsp3) is 0.417. The number of phenolic OH excluding ortho intramolecular Hbond substituents is 1. The number of carbonyl (C=O) groups is 4. The molecule has 1 fully saturated rings. The molecule has 10 heteroatoms. The summed E-state index contributed by atoms with van der Waals surface area (Å²) in [6, 6.07) is 4.47. The number of ketones is 2. The number of benzene rings is 1. The average molecular weight is 469 g/mol. The number of nitrogens with two attached hydrogens (primary N) is 1. The van der Waals surface area contributed by atoms with Crippen LogP contribution in [0.3, 0.4) is 0 Å². The van der Waals surface area contributed by atoms with E-state index in [-0.39, 0.29) is 22.8 Å². The van der Waals surface area contributed by atoms with Gasteiger partial charge in [-0.05, 0) is 30.4 Å². The number of esters is 1. The second-order valence-corrected chi connectivity index (χ2v) is 9.42. The van der Waals surface area contributed by atoms with Crippen molar-refractivity contribution in [3.63, 3.8) is 0 Å². The fourth-order valence-electron chi connectivity index (χ4n) is 5.63. The fourth-order valence-corrected chi connectivity index (χ4v) is 5.63. The van der Waals surface area contributed by atoms with Crippen molar-refractivity contribution in [1.29, 1.82) is 0 Å². The van der Waals surface area contributed by atoms with Gasteiger partial charge in [-0.3, -0.25) is 19.2 Å². The van der Waals surface area contributed by atoms with Gasteiger partial charge < -0.3 is 30.9 Å². The van der Waals surface area contributed by atoms with Gasteiger partial charge in [0, 0.05) is 23.8 Å². The summed E-state index contributed by atoms with van der Waals surface area (Å²) in [5.74, 6) is -9.44. The van der Waals surface area contributed by atoms with E-state index in [2.05, 4.69) is 0 Å². The standard InChI is InChI=1S/C24H23NO9/c1-8-10-3-2-4-12(26)15(10)18(28)17-14(8)19(34-23(32)9-5-6-9)11-7-13(27)16(22(25)31)20(29)24(11,33)21(17)30/h2-4,8-9,11,14,19,26-27,30,33H,5-7H2,1H3,(H2,25,31)/t8-,11+,14+,19+,24+/m0/s1. The molecule has 0 saturated heterocycles. The Labute approximate surface area is 193 Å². The molecule has 178 valence electrons. The molecule has 4 aliphatic carbocycles. The maximum atomic E-state index is 13.5. The van der Waals surface area contributed by atoms with Gasteiger partial charge in [0.2, 0.25) is 5.78 Å². The first-order chi connectivity index (χ1) is 16.0. The monoisotopic (exact) mass is 469 g/mol. The van der Waals surface area contributed by atoms with Crippen LogP contribution in [0, 0.1) is 17.8 Å². The van der Waals surface area contributed by atoms with Crippen LogP contribution in [-0.4, -0.2) is 55.6 Å². The van der Waals surface area contributed by atoms with E-state index in [1.807, 2.05) is 0 Å². The van der Waals surface area contributed by atoms with E-state index in [0.717, 1.165) is 0 Å². The number of fused-ring (bicyclic) bond motifs is 3. The first-order valence-electron chi connectivity index (χ1n) is 11.0. The van der Waals surface area contributed by atoms with Crippen LogP contribution >= 0.6 is 0 Å². The van der Waals surface area contributed by atoms with E-state index in [0.29, 0.717) is 18.4 Å². The lowest BCUT2D eigenvalue weighted by molar-refractivity contribution is -0.175. The number of primary amides is 1. The minimum Gasteiger partial charge on any atom is -0.511 e. The van der Waals surface area contributed by atoms with Crippen molar-refractivity contribution >= 4 is 23.4 Å². The van der Waals surface area contributed by atoms with Gasteiger partial charge in [-0.15, -0.1) is 0 Å². The summed E-state index contributed by atoms with van der Waals surface area (Å²) < 4.78 is 5.76. The minimum absolute atomic E-state index is 0.0982. The van der Waals surface area contributed by atoms with E-state index in [1.54, 1.807) is 19.1 Å². The molecule has 1 aromatic carbocycles. The molecule has 0 heterocycles. The minimum atomic E-state index is -2.84. The molecule has 0 spiro atoms. The number of ether oxygens (including phenoxy) is 1. The maximum absolute atomic E-state index is 13.5. The molecule has 0 aromatic heterocycles. The van der Waals surface area contributed by atoms with Gasteiger partial charge in [-0.25, -0.2) is 0 Å². The highest BCUT2D eigenvalue weighted by molar-refractivity contribution is 6.24. The number of aliphatic hydroxyl groups excluding tert-OH is 2. The van der Waals surface area contributed by atoms with Crippen LogP contribution in [0.15, 0.2) is 40.9 Å². The Balaban J connectivity index is 1.76. The lowest BCUT2D eigenvalue weighted by Crippen LogP contribution is -2.63. The number of Topliss-reactive ketones (excluding diaryl/α,β-unsaturated/α-hetero) is 2. The summed E-state index contributed by atoms with van der Waals surface area (Å²) in [5, 5.41) is 43.6. The largest absolute Gasteiger partial charge is 0.511 e. The maximum Gasteiger partial charge on any atom is 0.309 e. The number of rotatable bonds is 3. The summed E-state index contributed by atoms with van der Waals surface area (Å²) in [6.07, 6.45) is -0.565. The average Bonchev–Trinajstić information content (AvgIpc) is 3.61. The third-order valence-electron chi connectivity index (χ3n) is 7.50. The smallest absolute Gasteiger partial charge is 0.309 e. The highest BCUT2D eigenvalue weighted by Gasteiger charge is 2.65. The van der Waals surface area contributed by atoms with Crippen molar-refractivity contribution < 1.29 is 44.3 Å². The van der Waals surface area contributed by atoms with E-state index in [9.17, 15) is 39.6 Å². The summed E-state index contributed by atoms with van der Waals surface area (Å²) in [5.41, 5.74) is 1.47. The van der Waals surface area contributed by atoms with Crippen molar-refractivity contribution in [2.75, 3.05) is 0 Å². The molecular formula is C24H23NO9. The first-order valence-corrected chi connectivity index (χ1v) is 11.0. The Hall–Kier alpha value is -3.66. The van der Waals surface area contributed by atoms with Gasteiger partial charge >= 0.3 is 5.97 Å². The highest BCUT2D eigenvalue weighted by Crippen LogP contribution is 2.56. The van der Waals surface area contributed by atoms with Gasteiger partial charge in [0.15, 0.2) is 11.4 Å². The van der Waals surface area contributed by atoms with Crippen molar-refractivity contribution in [1.82, 2.24) is 0 Å². The van der Waals surface area contributed by atoms with Crippen molar-refractivity contribution in [3.05, 3.63) is 52.0 Å². The van der Waals surface area contributed by atoms with E-state index in [4.69, 9.17) is 10.5 Å². The third kappa shape index (κ3) is 2.78. The number of amides is 1. The Morgan fingerprint density at radius 1 is 1.15 bits per heavy atom. The molecule has 5 rings (SSSR count). The molecular weight excluding hydrogens is 446 g/mol. The highest BCUT2D eigenvalue weighted by atomic mass is 16.5. The molecule has 1 saturated carbocycles. The predicted molar refractivity (Wildman–Crippen MR) is 114 cm³/mol. The Bertz CT molecular complexity index is 1240. The zero-order valence-corrected chi connectivity index (χ0v) is 18.1. The van der Waals surface area contributed by atoms with E-state index >= 15 is 0 Å². The van der Waals surface area contributed by atoms with Crippen molar-refractivity contribution in [2.45, 2.75) is 43.8 Å². The van der Waals surface area contributed by atoms with Gasteiger partial charge in [-0.1, -0.05) is 19.1 Å². The van der Waals surface area contributed by atoms with Crippen LogP contribution in [0.2, 0.25) is 0 Å². The van der Waals surface area contributed by atoms with Crippen molar-refractivity contribution in [2.24, 2.45) is 23.5 Å². The number of allylic oxidation sites excluding steroid dienone is 1. The van der Waals surface area contributed by atoms with Gasteiger partial charge in [0.25, 0.3) is 5.91 Å². The molecule has 0 radical (unpaired) electrons. The molecule has 4 aliphatic rings. The zero-order chi connectivity index (χ0) is 24.7. The van der Waals surface area contributed by atoms with Crippen LogP contribution in [0.25, 0.3) is 0 Å². The van der Waals surface area contributed by atoms with Gasteiger partial charge in [0.1, 0.15) is 28.9 Å². The lowest BCUT2D eigenvalue weighted by atomic mass is 9.56. The second kappa shape index (κ2) is 7.17. The second-order valence-electron chi connectivity index (χ2n) is 9.42. The summed E-state index contributed by atoms with van der Waals surface area (Å²) in [4.78, 5) is 51.3. The van der Waals surface area contributed by atoms with Crippen LogP contribution in [0.1, 0.15) is 48.0 Å². The number of aromatic hydroxyl groups is 1. The quantitative estimate of drug-likeness (QED) is 0.319. The van der Waals surface area contributed by atoms with Crippen LogP contribution in [0.4, 0.5) is 0 Å². The number of hydrogen-bond donors (Lipinski definition) is 5. The molecule has 0 unspecified atom stereocenters. The topological polar surface area (TPSA) is 184 Å². The molecule has 0 bridgehead atoms. The van der Waals surface area contributed by atoms with Gasteiger partial charge in [-0.2, -0.15) is 0 Å². The number of aliphatic hydroxyl groups is 3. The third-order valence-corrected chi connectivity index (χ3v) is 7.50. The molecule has 10 nitrogen and oxygen atoms in total. The molecule has 1 aromatic rings. The summed E-state index contributed by atoms with van der Waals surface area (Å²) >= 11 is 0. The SMILES string of the molecule is C[C@H]1c2cccc(O)c2C(=O)C2=C(O)[C@]3(O)C(=O)C(C(N)=O)=C(O)C[C@@H]3[C@@H](OC(=O)C3CC3)[C@@H]21. The number of hydrogen-bond acceptors (Lipinski definition) is 9.